The molecule has 0 spiro atoms. The van der Waals surface area contributed by atoms with Crippen molar-refractivity contribution in [3.8, 4) is 0 Å². The van der Waals surface area contributed by atoms with Gasteiger partial charge in [-0.05, 0) is 36.6 Å². The fourth-order valence-electron chi connectivity index (χ4n) is 1.44. The summed E-state index contributed by atoms with van der Waals surface area (Å²) in [4.78, 5) is 0. The molecule has 5 heteroatoms. The Balaban J connectivity index is 2.08. The normalized spacial score (nSPS) is 20.2. The molecule has 2 rings (SSSR count). The lowest BCUT2D eigenvalue weighted by Gasteiger charge is -2.38. The van der Waals surface area contributed by atoms with E-state index in [1.807, 2.05) is 7.05 Å². The molecule has 0 aromatic carbocycles. The second-order valence-electron chi connectivity index (χ2n) is 3.67. The van der Waals surface area contributed by atoms with Gasteiger partial charge in [0.1, 0.15) is 0 Å². The minimum absolute atomic E-state index is 0.225. The van der Waals surface area contributed by atoms with Gasteiger partial charge in [0, 0.05) is 12.6 Å². The fraction of sp³-hybridized carbons (Fsp3) is 0.857. The highest BCUT2D eigenvalue weighted by Gasteiger charge is 2.32. The highest BCUT2D eigenvalue weighted by Crippen LogP contribution is 2.33. The number of aryl methyl sites for hydroxylation is 1. The molecule has 1 aliphatic rings. The number of rotatable bonds is 2. The van der Waals surface area contributed by atoms with Gasteiger partial charge in [-0.1, -0.05) is 5.10 Å². The largest absolute Gasteiger partial charge is 0.348 e. The second-order valence-corrected chi connectivity index (χ2v) is 3.67. The fourth-order valence-corrected chi connectivity index (χ4v) is 1.44. The molecule has 0 saturated heterocycles. The van der Waals surface area contributed by atoms with E-state index in [0.29, 0.717) is 0 Å². The van der Waals surface area contributed by atoms with Gasteiger partial charge in [-0.25, -0.2) is 4.68 Å². The van der Waals surface area contributed by atoms with Crippen LogP contribution in [0.4, 0.5) is 5.95 Å². The Morgan fingerprint density at radius 1 is 1.50 bits per heavy atom. The van der Waals surface area contributed by atoms with Crippen molar-refractivity contribution in [3.05, 3.63) is 0 Å². The molecule has 1 N–H and O–H groups in total. The van der Waals surface area contributed by atoms with Crippen LogP contribution in [0.5, 0.6) is 0 Å². The first-order valence-corrected chi connectivity index (χ1v) is 4.20. The molecule has 1 aromatic heterocycles. The first kappa shape index (κ1) is 7.52. The van der Waals surface area contributed by atoms with Crippen molar-refractivity contribution in [2.45, 2.75) is 31.7 Å². The predicted molar refractivity (Wildman–Crippen MR) is 44.7 cm³/mol. The lowest BCUT2D eigenvalue weighted by molar-refractivity contribution is 0.303. The Labute approximate surface area is 71.1 Å². The Morgan fingerprint density at radius 2 is 2.25 bits per heavy atom. The molecule has 0 amide bonds. The third-order valence-corrected chi connectivity index (χ3v) is 2.49. The van der Waals surface area contributed by atoms with E-state index in [0.717, 1.165) is 5.95 Å². The van der Waals surface area contributed by atoms with Gasteiger partial charge >= 0.3 is 0 Å². The van der Waals surface area contributed by atoms with Crippen molar-refractivity contribution in [1.82, 2.24) is 20.2 Å². The monoisotopic (exact) mass is 167 g/mol. The average molecular weight is 167 g/mol. The van der Waals surface area contributed by atoms with Crippen LogP contribution in [0.1, 0.15) is 26.2 Å². The highest BCUT2D eigenvalue weighted by molar-refractivity contribution is 5.28. The molecule has 0 unspecified atom stereocenters. The van der Waals surface area contributed by atoms with E-state index in [-0.39, 0.29) is 5.54 Å². The molecule has 0 atom stereocenters. The molecule has 1 aliphatic carbocycles. The van der Waals surface area contributed by atoms with Gasteiger partial charge in [-0.3, -0.25) is 0 Å². The van der Waals surface area contributed by atoms with Crippen LogP contribution in [0.3, 0.4) is 0 Å². The number of hydrogen-bond donors (Lipinski definition) is 1. The standard InChI is InChI=1S/C7H13N5/c1-7(4-3-5-7)8-6-9-10-11-12(6)2/h3-5H2,1-2H3,(H,8,9,11). The zero-order chi connectivity index (χ0) is 8.60. The summed E-state index contributed by atoms with van der Waals surface area (Å²) in [6.07, 6.45) is 3.72. The maximum Gasteiger partial charge on any atom is 0.243 e. The van der Waals surface area contributed by atoms with Gasteiger partial charge in [0.2, 0.25) is 5.95 Å². The van der Waals surface area contributed by atoms with E-state index < -0.39 is 0 Å². The summed E-state index contributed by atoms with van der Waals surface area (Å²) in [5, 5.41) is 14.5. The molecule has 12 heavy (non-hydrogen) atoms. The van der Waals surface area contributed by atoms with E-state index in [1.54, 1.807) is 4.68 Å². The van der Waals surface area contributed by atoms with Crippen LogP contribution in [0.25, 0.3) is 0 Å². The van der Waals surface area contributed by atoms with Crippen molar-refractivity contribution >= 4 is 5.95 Å². The van der Waals surface area contributed by atoms with Crippen LogP contribution >= 0.6 is 0 Å². The predicted octanol–water partition coefficient (Wildman–Crippen LogP) is 0.565. The summed E-state index contributed by atoms with van der Waals surface area (Å²) in [6.45, 7) is 2.20. The van der Waals surface area contributed by atoms with Crippen molar-refractivity contribution in [2.75, 3.05) is 5.32 Å². The lowest BCUT2D eigenvalue weighted by atomic mass is 9.79. The Bertz CT molecular complexity index is 275. The van der Waals surface area contributed by atoms with Gasteiger partial charge in [0.15, 0.2) is 0 Å². The average Bonchev–Trinajstić information content (AvgIpc) is 2.34. The van der Waals surface area contributed by atoms with E-state index in [4.69, 9.17) is 0 Å². The SMILES string of the molecule is Cn1nnnc1NC1(C)CCC1. The lowest BCUT2D eigenvalue weighted by Crippen LogP contribution is -2.42. The Hall–Kier alpha value is -1.13. The molecule has 1 saturated carbocycles. The first-order chi connectivity index (χ1) is 5.70. The number of tetrazole rings is 1. The van der Waals surface area contributed by atoms with E-state index >= 15 is 0 Å². The van der Waals surface area contributed by atoms with Crippen LogP contribution < -0.4 is 5.32 Å². The minimum Gasteiger partial charge on any atom is -0.348 e. The molecule has 66 valence electrons. The maximum atomic E-state index is 3.87. The van der Waals surface area contributed by atoms with Crippen LogP contribution in [0.2, 0.25) is 0 Å². The quantitative estimate of drug-likeness (QED) is 0.699. The van der Waals surface area contributed by atoms with Gasteiger partial charge in [-0.15, -0.1) is 0 Å². The van der Waals surface area contributed by atoms with Gasteiger partial charge in [-0.2, -0.15) is 0 Å². The number of aromatic nitrogens is 4. The number of nitrogens with zero attached hydrogens (tertiary/aromatic N) is 4. The minimum atomic E-state index is 0.225. The molecule has 0 radical (unpaired) electrons. The topological polar surface area (TPSA) is 55.6 Å². The number of anilines is 1. The van der Waals surface area contributed by atoms with Crippen molar-refractivity contribution in [1.29, 1.82) is 0 Å². The van der Waals surface area contributed by atoms with Crippen LogP contribution in [-0.4, -0.2) is 25.7 Å². The van der Waals surface area contributed by atoms with Gasteiger partial charge in [0.25, 0.3) is 0 Å². The summed E-state index contributed by atoms with van der Waals surface area (Å²) < 4.78 is 1.66. The van der Waals surface area contributed by atoms with E-state index in [2.05, 4.69) is 27.8 Å². The molecule has 0 bridgehead atoms. The summed E-state index contributed by atoms with van der Waals surface area (Å²) in [6, 6.07) is 0. The van der Waals surface area contributed by atoms with Crippen LogP contribution in [0.15, 0.2) is 0 Å². The van der Waals surface area contributed by atoms with Crippen molar-refractivity contribution in [2.24, 2.45) is 7.05 Å². The zero-order valence-electron chi connectivity index (χ0n) is 7.41. The number of hydrogen-bond acceptors (Lipinski definition) is 4. The van der Waals surface area contributed by atoms with Crippen molar-refractivity contribution < 1.29 is 0 Å². The van der Waals surface area contributed by atoms with Gasteiger partial charge < -0.3 is 5.32 Å². The molecular formula is C7H13N5. The van der Waals surface area contributed by atoms with Crippen molar-refractivity contribution in [3.63, 3.8) is 0 Å². The Morgan fingerprint density at radius 3 is 2.67 bits per heavy atom. The molecule has 1 aromatic rings. The summed E-state index contributed by atoms with van der Waals surface area (Å²) >= 11 is 0. The summed E-state index contributed by atoms with van der Waals surface area (Å²) in [5.41, 5.74) is 0.225. The Kier molecular flexibility index (Phi) is 1.52. The summed E-state index contributed by atoms with van der Waals surface area (Å²) in [5.74, 6) is 0.761. The zero-order valence-corrected chi connectivity index (χ0v) is 7.41. The highest BCUT2D eigenvalue weighted by atomic mass is 15.6. The molecule has 0 aliphatic heterocycles. The summed E-state index contributed by atoms with van der Waals surface area (Å²) in [7, 11) is 1.84. The first-order valence-electron chi connectivity index (χ1n) is 4.20. The molecular weight excluding hydrogens is 154 g/mol. The smallest absolute Gasteiger partial charge is 0.243 e. The molecule has 5 nitrogen and oxygen atoms in total. The van der Waals surface area contributed by atoms with Gasteiger partial charge in [0.05, 0.1) is 0 Å². The van der Waals surface area contributed by atoms with E-state index in [9.17, 15) is 0 Å². The number of nitrogens with one attached hydrogen (secondary N) is 1. The van der Waals surface area contributed by atoms with Crippen LogP contribution in [-0.2, 0) is 7.05 Å². The maximum absolute atomic E-state index is 3.87. The van der Waals surface area contributed by atoms with E-state index in [1.165, 1.54) is 19.3 Å². The molecule has 1 fully saturated rings. The second kappa shape index (κ2) is 2.43. The molecule has 1 heterocycles. The third-order valence-electron chi connectivity index (χ3n) is 2.49. The van der Waals surface area contributed by atoms with Crippen LogP contribution in [0, 0.1) is 0 Å². The third kappa shape index (κ3) is 1.15.